The Labute approximate surface area is 288 Å². The summed E-state index contributed by atoms with van der Waals surface area (Å²) in [4.78, 5) is 39.2. The lowest BCUT2D eigenvalue weighted by Crippen LogP contribution is -2.42. The van der Waals surface area contributed by atoms with Crippen molar-refractivity contribution in [2.75, 3.05) is 32.8 Å². The zero-order valence-electron chi connectivity index (χ0n) is 30.7. The van der Waals surface area contributed by atoms with Crippen molar-refractivity contribution >= 4 is 17.9 Å². The molecule has 0 rings (SSSR count). The number of hydrogen-bond donors (Lipinski definition) is 2. The Kier molecular flexibility index (Phi) is 31.6. The lowest BCUT2D eigenvalue weighted by molar-refractivity contribution is -0.160. The maximum Gasteiger partial charge on any atom is 0.322 e. The number of rotatable bonds is 34. The number of ether oxygens (including phenoxy) is 3. The maximum atomic E-state index is 12.8. The minimum absolute atomic E-state index is 0.0166. The van der Waals surface area contributed by atoms with Gasteiger partial charge < -0.3 is 25.1 Å². The van der Waals surface area contributed by atoms with Gasteiger partial charge >= 0.3 is 17.9 Å². The molecule has 0 aromatic rings. The molecule has 9 nitrogen and oxygen atoms in total. The number of carbonyl (C=O) groups excluding carboxylic acids is 3. The van der Waals surface area contributed by atoms with Crippen molar-refractivity contribution in [3.63, 3.8) is 0 Å². The quantitative estimate of drug-likeness (QED) is 0.0400. The lowest BCUT2D eigenvalue weighted by atomic mass is 10.1. The Balaban J connectivity index is 4.85. The van der Waals surface area contributed by atoms with Gasteiger partial charge in [-0.05, 0) is 46.1 Å². The van der Waals surface area contributed by atoms with Gasteiger partial charge in [0, 0.05) is 25.9 Å². The molecule has 47 heavy (non-hydrogen) atoms. The zero-order valence-corrected chi connectivity index (χ0v) is 30.7. The second-order valence-electron chi connectivity index (χ2n) is 13.2. The van der Waals surface area contributed by atoms with E-state index in [4.69, 9.17) is 19.9 Å². The summed E-state index contributed by atoms with van der Waals surface area (Å²) in [6.07, 6.45) is 22.2. The van der Waals surface area contributed by atoms with Crippen LogP contribution in [0.4, 0.5) is 0 Å². The number of unbranched alkanes of at least 4 members (excludes halogenated alkanes) is 17. The summed E-state index contributed by atoms with van der Waals surface area (Å²) in [6.45, 7) is 11.4. The second-order valence-corrected chi connectivity index (χ2v) is 13.2. The van der Waals surface area contributed by atoms with E-state index in [1.54, 1.807) is 6.92 Å². The molecule has 0 spiro atoms. The fourth-order valence-corrected chi connectivity index (χ4v) is 5.70. The third-order valence-electron chi connectivity index (χ3n) is 8.46. The Morgan fingerprint density at radius 2 is 1.15 bits per heavy atom. The van der Waals surface area contributed by atoms with Crippen LogP contribution in [0.15, 0.2) is 0 Å². The molecule has 9 heteroatoms. The molecule has 0 amide bonds. The van der Waals surface area contributed by atoms with Crippen molar-refractivity contribution in [1.82, 2.24) is 4.90 Å². The van der Waals surface area contributed by atoms with Crippen LogP contribution in [0.5, 0.6) is 0 Å². The van der Waals surface area contributed by atoms with Crippen molar-refractivity contribution in [3.05, 3.63) is 6.92 Å². The highest BCUT2D eigenvalue weighted by molar-refractivity contribution is 5.75. The second kappa shape index (κ2) is 32.8. The van der Waals surface area contributed by atoms with Crippen molar-refractivity contribution in [2.24, 2.45) is 5.73 Å². The number of aliphatic hydroxyl groups is 1. The lowest BCUT2D eigenvalue weighted by Gasteiger charge is -2.28. The van der Waals surface area contributed by atoms with Gasteiger partial charge in [0.15, 0.2) is 0 Å². The maximum absolute atomic E-state index is 12.8. The summed E-state index contributed by atoms with van der Waals surface area (Å²) >= 11 is 0. The van der Waals surface area contributed by atoms with E-state index in [2.05, 4.69) is 20.8 Å². The molecule has 277 valence electrons. The largest absolute Gasteiger partial charge is 0.465 e. The van der Waals surface area contributed by atoms with E-state index in [-0.39, 0.29) is 25.1 Å². The molecule has 0 saturated heterocycles. The van der Waals surface area contributed by atoms with Gasteiger partial charge in [-0.1, -0.05) is 123 Å². The molecule has 0 aromatic carbocycles. The van der Waals surface area contributed by atoms with E-state index >= 15 is 0 Å². The highest BCUT2D eigenvalue weighted by Gasteiger charge is 2.22. The predicted molar refractivity (Wildman–Crippen MR) is 191 cm³/mol. The molecule has 0 aromatic heterocycles. The van der Waals surface area contributed by atoms with Crippen molar-refractivity contribution in [3.8, 4) is 0 Å². The van der Waals surface area contributed by atoms with Crippen molar-refractivity contribution in [1.29, 1.82) is 0 Å². The number of nitrogens with zero attached hydrogens (tertiary/aromatic N) is 1. The molecule has 3 N–H and O–H groups in total. The highest BCUT2D eigenvalue weighted by atomic mass is 16.6. The smallest absolute Gasteiger partial charge is 0.322 e. The summed E-state index contributed by atoms with van der Waals surface area (Å²) in [5.41, 5.74) is 5.93. The first-order valence-electron chi connectivity index (χ1n) is 19.2. The third-order valence-corrected chi connectivity index (χ3v) is 8.46. The van der Waals surface area contributed by atoms with E-state index < -0.39 is 24.2 Å². The monoisotopic (exact) mass is 670 g/mol. The summed E-state index contributed by atoms with van der Waals surface area (Å²) in [7, 11) is 0. The van der Waals surface area contributed by atoms with Gasteiger partial charge in [0.05, 0.1) is 12.7 Å². The molecule has 3 unspecified atom stereocenters. The molecule has 0 fully saturated rings. The first-order valence-corrected chi connectivity index (χ1v) is 19.2. The summed E-state index contributed by atoms with van der Waals surface area (Å²) in [5, 5.41) is 10.0. The van der Waals surface area contributed by atoms with Crippen LogP contribution < -0.4 is 5.73 Å². The van der Waals surface area contributed by atoms with Crippen LogP contribution in [0.1, 0.15) is 168 Å². The van der Waals surface area contributed by atoms with Crippen molar-refractivity contribution < 1.29 is 33.7 Å². The normalized spacial score (nSPS) is 13.3. The van der Waals surface area contributed by atoms with Gasteiger partial charge in [0.25, 0.3) is 0 Å². The Morgan fingerprint density at radius 3 is 1.64 bits per heavy atom. The first-order chi connectivity index (χ1) is 22.7. The number of carbonyl (C=O) groups is 3. The number of hydrogen-bond acceptors (Lipinski definition) is 9. The van der Waals surface area contributed by atoms with Crippen LogP contribution in [0.25, 0.3) is 0 Å². The Morgan fingerprint density at radius 1 is 0.660 bits per heavy atom. The van der Waals surface area contributed by atoms with Gasteiger partial charge in [-0.25, -0.2) is 0 Å². The molecular weight excluding hydrogens is 596 g/mol. The Hall–Kier alpha value is -1.71. The zero-order chi connectivity index (χ0) is 35.0. The predicted octanol–water partition coefficient (Wildman–Crippen LogP) is 7.84. The molecule has 0 saturated carbocycles. The molecule has 0 aliphatic rings. The summed E-state index contributed by atoms with van der Waals surface area (Å²) < 4.78 is 16.4. The van der Waals surface area contributed by atoms with Gasteiger partial charge in [-0.2, -0.15) is 0 Å². The third kappa shape index (κ3) is 30.1. The van der Waals surface area contributed by atoms with Crippen molar-refractivity contribution in [2.45, 2.75) is 187 Å². The van der Waals surface area contributed by atoms with Gasteiger partial charge in [-0.15, -0.1) is 0 Å². The van der Waals surface area contributed by atoms with Gasteiger partial charge in [0.2, 0.25) is 0 Å². The molecular formula is C38H73N2O7. The average Bonchev–Trinajstić information content (AvgIpc) is 3.03. The molecule has 0 heterocycles. The number of nitrogens with two attached hydrogens (primary N) is 1. The van der Waals surface area contributed by atoms with Crippen LogP contribution in [0.2, 0.25) is 0 Å². The fraction of sp³-hybridized carbons (Fsp3) is 0.895. The van der Waals surface area contributed by atoms with Crippen LogP contribution in [0.3, 0.4) is 0 Å². The van der Waals surface area contributed by atoms with Gasteiger partial charge in [0.1, 0.15) is 18.8 Å². The molecule has 0 aliphatic carbocycles. The van der Waals surface area contributed by atoms with Crippen LogP contribution >= 0.6 is 0 Å². The SMILES string of the molecule is [CH2]C(O)CN(CCCCC(N)C(=O)OCC)CC(COC(=O)CCCCCCCCCCC)OC(=O)CCCCCCCCCCC. The molecule has 0 bridgehead atoms. The highest BCUT2D eigenvalue weighted by Crippen LogP contribution is 2.14. The van der Waals surface area contributed by atoms with Crippen LogP contribution in [-0.4, -0.2) is 79.0 Å². The minimum atomic E-state index is -0.829. The topological polar surface area (TPSA) is 128 Å². The first kappa shape index (κ1) is 45.3. The number of esters is 3. The van der Waals surface area contributed by atoms with E-state index in [1.807, 2.05) is 4.90 Å². The molecule has 1 radical (unpaired) electrons. The average molecular weight is 670 g/mol. The van der Waals surface area contributed by atoms with Crippen LogP contribution in [-0.2, 0) is 28.6 Å². The molecule has 0 aliphatic heterocycles. The van der Waals surface area contributed by atoms with E-state index in [1.165, 1.54) is 77.0 Å². The van der Waals surface area contributed by atoms with Gasteiger partial charge in [-0.3, -0.25) is 19.3 Å². The number of aliphatic hydroxyl groups excluding tert-OH is 1. The van der Waals surface area contributed by atoms with E-state index in [9.17, 15) is 19.5 Å². The van der Waals surface area contributed by atoms with E-state index in [0.29, 0.717) is 45.4 Å². The van der Waals surface area contributed by atoms with E-state index in [0.717, 1.165) is 44.9 Å². The summed E-state index contributed by atoms with van der Waals surface area (Å²) in [6, 6.07) is -0.665. The standard InChI is InChI=1S/C38H73N2O7/c1-5-8-10-12-14-16-18-20-22-27-36(42)46-32-34(47-37(43)28-23-21-19-17-15-13-11-9-6-2)31-40(30-33(4)41)29-25-24-26-35(39)38(44)45-7-3/h33-35,41H,4-32,39H2,1-3H3. The van der Waals surface area contributed by atoms with Crippen LogP contribution in [0, 0.1) is 6.92 Å². The molecule has 3 atom stereocenters. The summed E-state index contributed by atoms with van der Waals surface area (Å²) in [5.74, 6) is -0.964. The Bertz CT molecular complexity index is 750. The minimum Gasteiger partial charge on any atom is -0.465 e. The fourth-order valence-electron chi connectivity index (χ4n) is 5.70.